The van der Waals surface area contributed by atoms with Crippen LogP contribution in [0.5, 0.6) is 0 Å². The molecule has 0 amide bonds. The fourth-order valence-electron chi connectivity index (χ4n) is 2.92. The quantitative estimate of drug-likeness (QED) is 0.508. The van der Waals surface area contributed by atoms with E-state index in [4.69, 9.17) is 10.5 Å². The maximum absolute atomic E-state index is 12.4. The molecule has 2 N–H and O–H groups in total. The van der Waals surface area contributed by atoms with Crippen molar-refractivity contribution < 1.29 is 9.53 Å². The number of anilines is 1. The van der Waals surface area contributed by atoms with Gasteiger partial charge >= 0.3 is 5.97 Å². The van der Waals surface area contributed by atoms with Gasteiger partial charge in [-0.2, -0.15) is 0 Å². The average molecular weight is 345 g/mol. The van der Waals surface area contributed by atoms with E-state index in [1.807, 2.05) is 60.7 Å². The molecule has 0 saturated carbocycles. The lowest BCUT2D eigenvalue weighted by Crippen LogP contribution is -2.12. The van der Waals surface area contributed by atoms with Gasteiger partial charge in [0.25, 0.3) is 0 Å². The third-order valence-electron chi connectivity index (χ3n) is 4.41. The molecule has 3 aromatic rings. The van der Waals surface area contributed by atoms with E-state index in [9.17, 15) is 4.79 Å². The Bertz CT molecular complexity index is 845. The van der Waals surface area contributed by atoms with E-state index in [2.05, 4.69) is 12.1 Å². The lowest BCUT2D eigenvalue weighted by Gasteiger charge is -2.11. The Hall–Kier alpha value is -3.07. The highest BCUT2D eigenvalue weighted by Crippen LogP contribution is 2.20. The zero-order valence-electron chi connectivity index (χ0n) is 14.7. The van der Waals surface area contributed by atoms with Crippen molar-refractivity contribution in [2.45, 2.75) is 19.3 Å². The minimum absolute atomic E-state index is 0.344. The van der Waals surface area contributed by atoms with Crippen molar-refractivity contribution in [3.05, 3.63) is 101 Å². The van der Waals surface area contributed by atoms with Crippen molar-refractivity contribution >= 4 is 11.7 Å². The lowest BCUT2D eigenvalue weighted by atomic mass is 10.0. The first-order valence-electron chi connectivity index (χ1n) is 8.86. The molecule has 132 valence electrons. The van der Waals surface area contributed by atoms with Crippen molar-refractivity contribution in [1.29, 1.82) is 0 Å². The molecule has 3 aromatic carbocycles. The van der Waals surface area contributed by atoms with Gasteiger partial charge < -0.3 is 10.5 Å². The van der Waals surface area contributed by atoms with Gasteiger partial charge in [0.2, 0.25) is 0 Å². The van der Waals surface area contributed by atoms with Crippen LogP contribution < -0.4 is 5.73 Å². The first-order valence-corrected chi connectivity index (χ1v) is 8.86. The molecule has 3 rings (SSSR count). The molecule has 0 spiro atoms. The number of benzene rings is 3. The Morgan fingerprint density at radius 2 is 1.35 bits per heavy atom. The number of rotatable bonds is 7. The number of nitrogen functional groups attached to an aromatic ring is 1. The summed E-state index contributed by atoms with van der Waals surface area (Å²) < 4.78 is 5.41. The summed E-state index contributed by atoms with van der Waals surface area (Å²) in [7, 11) is 0. The smallest absolute Gasteiger partial charge is 0.340 e. The van der Waals surface area contributed by atoms with Crippen molar-refractivity contribution in [3.8, 4) is 0 Å². The third kappa shape index (κ3) is 4.73. The van der Waals surface area contributed by atoms with Gasteiger partial charge in [0.1, 0.15) is 0 Å². The average Bonchev–Trinajstić information content (AvgIpc) is 2.69. The van der Waals surface area contributed by atoms with Crippen LogP contribution in [0.2, 0.25) is 0 Å². The highest BCUT2D eigenvalue weighted by molar-refractivity contribution is 5.95. The second-order valence-electron chi connectivity index (χ2n) is 6.24. The van der Waals surface area contributed by atoms with Crippen LogP contribution in [0.3, 0.4) is 0 Å². The minimum atomic E-state index is -0.361. The van der Waals surface area contributed by atoms with Crippen LogP contribution in [0, 0.1) is 0 Å². The highest BCUT2D eigenvalue weighted by atomic mass is 16.5. The summed E-state index contributed by atoms with van der Waals surface area (Å²) >= 11 is 0. The summed E-state index contributed by atoms with van der Waals surface area (Å²) in [5.41, 5.74) is 10.6. The molecule has 0 bridgehead atoms. The van der Waals surface area contributed by atoms with E-state index in [0.29, 0.717) is 24.3 Å². The van der Waals surface area contributed by atoms with Gasteiger partial charge in [-0.05, 0) is 35.6 Å². The van der Waals surface area contributed by atoms with Crippen LogP contribution in [0.1, 0.15) is 27.0 Å². The molecular weight excluding hydrogens is 322 g/mol. The molecule has 0 aliphatic heterocycles. The lowest BCUT2D eigenvalue weighted by molar-refractivity contribution is 0.0510. The zero-order valence-corrected chi connectivity index (χ0v) is 14.7. The second kappa shape index (κ2) is 8.86. The number of para-hydroxylation sites is 1. The van der Waals surface area contributed by atoms with Crippen LogP contribution in [0.15, 0.2) is 78.9 Å². The Balaban J connectivity index is 1.59. The predicted octanol–water partition coefficient (Wildman–Crippen LogP) is 4.45. The van der Waals surface area contributed by atoms with E-state index in [1.54, 1.807) is 6.07 Å². The Morgan fingerprint density at radius 3 is 2.00 bits per heavy atom. The summed E-state index contributed by atoms with van der Waals surface area (Å²) in [4.78, 5) is 12.4. The predicted molar refractivity (Wildman–Crippen MR) is 105 cm³/mol. The van der Waals surface area contributed by atoms with Crippen molar-refractivity contribution in [3.63, 3.8) is 0 Å². The van der Waals surface area contributed by atoms with Gasteiger partial charge in [0.15, 0.2) is 0 Å². The van der Waals surface area contributed by atoms with E-state index in [1.165, 1.54) is 5.56 Å². The Morgan fingerprint density at radius 1 is 0.731 bits per heavy atom. The van der Waals surface area contributed by atoms with Crippen molar-refractivity contribution in [2.75, 3.05) is 12.3 Å². The van der Waals surface area contributed by atoms with Gasteiger partial charge in [0.05, 0.1) is 12.2 Å². The molecule has 0 aromatic heterocycles. The van der Waals surface area contributed by atoms with Crippen LogP contribution in [0.4, 0.5) is 5.69 Å². The van der Waals surface area contributed by atoms with E-state index in [-0.39, 0.29) is 5.97 Å². The van der Waals surface area contributed by atoms with E-state index in [0.717, 1.165) is 24.0 Å². The highest BCUT2D eigenvalue weighted by Gasteiger charge is 2.14. The Labute approximate surface area is 154 Å². The molecule has 0 aliphatic rings. The summed E-state index contributed by atoms with van der Waals surface area (Å²) in [6.07, 6.45) is 2.37. The van der Waals surface area contributed by atoms with E-state index >= 15 is 0 Å². The summed E-state index contributed by atoms with van der Waals surface area (Å²) in [5.74, 6) is -0.361. The summed E-state index contributed by atoms with van der Waals surface area (Å²) in [5, 5.41) is 0. The fraction of sp³-hybridized carbons (Fsp3) is 0.174. The number of nitrogens with two attached hydrogens (primary N) is 1. The fourth-order valence-corrected chi connectivity index (χ4v) is 2.92. The normalized spacial score (nSPS) is 10.5. The number of ether oxygens (including phenoxy) is 1. The first kappa shape index (κ1) is 17.7. The number of aryl methyl sites for hydroxylation is 2. The minimum Gasteiger partial charge on any atom is -0.462 e. The second-order valence-corrected chi connectivity index (χ2v) is 6.24. The zero-order chi connectivity index (χ0) is 18.2. The molecule has 0 heterocycles. The molecule has 3 heteroatoms. The number of hydrogen-bond donors (Lipinski definition) is 1. The number of carbonyl (C=O) groups excluding carboxylic acids is 1. The van der Waals surface area contributed by atoms with Crippen LogP contribution >= 0.6 is 0 Å². The van der Waals surface area contributed by atoms with Gasteiger partial charge in [0, 0.05) is 12.1 Å². The molecule has 0 atom stereocenters. The van der Waals surface area contributed by atoms with Crippen LogP contribution in [-0.2, 0) is 24.0 Å². The van der Waals surface area contributed by atoms with Gasteiger partial charge in [-0.1, -0.05) is 72.8 Å². The van der Waals surface area contributed by atoms with Crippen LogP contribution in [-0.4, -0.2) is 12.6 Å². The third-order valence-corrected chi connectivity index (χ3v) is 4.41. The maximum Gasteiger partial charge on any atom is 0.340 e. The molecule has 0 aliphatic carbocycles. The first-order chi connectivity index (χ1) is 12.7. The molecule has 0 unspecified atom stereocenters. The molecule has 0 radical (unpaired) electrons. The molecular formula is C23H23NO2. The summed E-state index contributed by atoms with van der Waals surface area (Å²) in [6.45, 7) is 0.344. The van der Waals surface area contributed by atoms with Crippen molar-refractivity contribution in [2.24, 2.45) is 0 Å². The van der Waals surface area contributed by atoms with Gasteiger partial charge in [-0.3, -0.25) is 0 Å². The maximum atomic E-state index is 12.4. The van der Waals surface area contributed by atoms with Crippen LogP contribution in [0.25, 0.3) is 0 Å². The number of hydrogen-bond acceptors (Lipinski definition) is 3. The molecule has 26 heavy (non-hydrogen) atoms. The molecule has 3 nitrogen and oxygen atoms in total. The number of esters is 1. The SMILES string of the molecule is Nc1c(CCc2ccccc2)cccc1C(=O)OCCc1ccccc1. The van der Waals surface area contributed by atoms with Gasteiger partial charge in [-0.25, -0.2) is 4.79 Å². The van der Waals surface area contributed by atoms with Gasteiger partial charge in [-0.15, -0.1) is 0 Å². The Kier molecular flexibility index (Phi) is 6.05. The molecule has 0 saturated heterocycles. The monoisotopic (exact) mass is 345 g/mol. The largest absolute Gasteiger partial charge is 0.462 e. The molecule has 0 fully saturated rings. The topological polar surface area (TPSA) is 52.3 Å². The standard InChI is InChI=1S/C23H23NO2/c24-22-20(15-14-18-8-3-1-4-9-18)12-7-13-21(22)23(25)26-17-16-19-10-5-2-6-11-19/h1-13H,14-17,24H2. The number of carbonyl (C=O) groups is 1. The summed E-state index contributed by atoms with van der Waals surface area (Å²) in [6, 6.07) is 25.8. The van der Waals surface area contributed by atoms with E-state index < -0.39 is 0 Å². The van der Waals surface area contributed by atoms with Crippen molar-refractivity contribution in [1.82, 2.24) is 0 Å².